The number of carbonyl (C=O) groups excluding carboxylic acids is 4. The van der Waals surface area contributed by atoms with Crippen molar-refractivity contribution in [1.29, 1.82) is 0 Å². The Morgan fingerprint density at radius 1 is 0.818 bits per heavy atom. The van der Waals surface area contributed by atoms with Crippen LogP contribution in [0.15, 0.2) is 91.0 Å². The number of aliphatic hydroxyl groups excluding tert-OH is 1. The fraction of sp³-hybridized carbons (Fsp3) is 0.391. The molecule has 0 saturated heterocycles. The van der Waals surface area contributed by atoms with Crippen LogP contribution in [0.5, 0.6) is 5.75 Å². The van der Waals surface area contributed by atoms with Gasteiger partial charge in [-0.2, -0.15) is 0 Å². The third-order valence-electron chi connectivity index (χ3n) is 9.67. The second kappa shape index (κ2) is 22.2. The van der Waals surface area contributed by atoms with Crippen molar-refractivity contribution in [1.82, 2.24) is 15.1 Å². The highest BCUT2D eigenvalue weighted by Gasteiger charge is 2.35. The number of rotatable bonds is 15. The van der Waals surface area contributed by atoms with Crippen LogP contribution in [-0.2, 0) is 16.0 Å². The van der Waals surface area contributed by atoms with Crippen LogP contribution in [0.1, 0.15) is 101 Å². The summed E-state index contributed by atoms with van der Waals surface area (Å²) in [6.45, 7) is 16.3. The van der Waals surface area contributed by atoms with Crippen LogP contribution in [0.2, 0.25) is 0 Å². The zero-order chi connectivity index (χ0) is 40.5. The predicted molar refractivity (Wildman–Crippen MR) is 220 cm³/mol. The third-order valence-corrected chi connectivity index (χ3v) is 9.67. The lowest BCUT2D eigenvalue weighted by atomic mass is 9.97. The average molecular weight is 750 g/mol. The van der Waals surface area contributed by atoms with Gasteiger partial charge in [0.2, 0.25) is 5.91 Å². The van der Waals surface area contributed by atoms with E-state index < -0.39 is 17.9 Å². The Kier molecular flexibility index (Phi) is 17.8. The SMILES string of the molecule is CC.CCC(C)c1ccc(CCN(CC(O)CNC(=O)COc2cc(C)c(C)cc2C)C(=O)CCN2C(=O)c3ccccc3C2=O)cc1.Cc1ccccc1. The van der Waals surface area contributed by atoms with Gasteiger partial charge < -0.3 is 20.1 Å². The maximum absolute atomic E-state index is 13.5. The summed E-state index contributed by atoms with van der Waals surface area (Å²) in [5.74, 6) is -0.432. The molecule has 9 nitrogen and oxygen atoms in total. The van der Waals surface area contributed by atoms with E-state index in [-0.39, 0.29) is 44.5 Å². The van der Waals surface area contributed by atoms with E-state index >= 15 is 0 Å². The van der Waals surface area contributed by atoms with Crippen LogP contribution >= 0.6 is 0 Å². The van der Waals surface area contributed by atoms with Gasteiger partial charge in [0.05, 0.1) is 17.2 Å². The summed E-state index contributed by atoms with van der Waals surface area (Å²) >= 11 is 0. The van der Waals surface area contributed by atoms with Crippen molar-refractivity contribution in [3.63, 3.8) is 0 Å². The van der Waals surface area contributed by atoms with Gasteiger partial charge in [0, 0.05) is 32.6 Å². The number of hydrogen-bond acceptors (Lipinski definition) is 6. The first-order valence-corrected chi connectivity index (χ1v) is 19.4. The molecule has 9 heteroatoms. The summed E-state index contributed by atoms with van der Waals surface area (Å²) in [6.07, 6.45) is 0.478. The monoisotopic (exact) mass is 749 g/mol. The fourth-order valence-corrected chi connectivity index (χ4v) is 6.01. The molecule has 1 aliphatic heterocycles. The van der Waals surface area contributed by atoms with Crippen molar-refractivity contribution in [2.45, 2.75) is 86.7 Å². The van der Waals surface area contributed by atoms with Gasteiger partial charge in [0.15, 0.2) is 6.61 Å². The molecule has 2 atom stereocenters. The second-order valence-corrected chi connectivity index (χ2v) is 13.8. The van der Waals surface area contributed by atoms with Crippen molar-refractivity contribution >= 4 is 23.6 Å². The molecule has 0 aromatic heterocycles. The number of nitrogens with one attached hydrogen (secondary N) is 1. The summed E-state index contributed by atoms with van der Waals surface area (Å²) in [7, 11) is 0. The van der Waals surface area contributed by atoms with Crippen LogP contribution in [0.25, 0.3) is 0 Å². The van der Waals surface area contributed by atoms with E-state index in [1.807, 2.05) is 65.0 Å². The third kappa shape index (κ3) is 13.2. The van der Waals surface area contributed by atoms with E-state index in [4.69, 9.17) is 4.74 Å². The van der Waals surface area contributed by atoms with Gasteiger partial charge >= 0.3 is 0 Å². The second-order valence-electron chi connectivity index (χ2n) is 13.8. The predicted octanol–water partition coefficient (Wildman–Crippen LogP) is 7.76. The van der Waals surface area contributed by atoms with Crippen LogP contribution in [0, 0.1) is 27.7 Å². The smallest absolute Gasteiger partial charge is 0.261 e. The summed E-state index contributed by atoms with van der Waals surface area (Å²) < 4.78 is 5.71. The molecule has 0 saturated carbocycles. The van der Waals surface area contributed by atoms with Crippen molar-refractivity contribution < 1.29 is 29.0 Å². The lowest BCUT2D eigenvalue weighted by molar-refractivity contribution is -0.132. The fourth-order valence-electron chi connectivity index (χ4n) is 6.01. The zero-order valence-electron chi connectivity index (χ0n) is 33.9. The highest BCUT2D eigenvalue weighted by atomic mass is 16.5. The minimum atomic E-state index is -1.04. The molecule has 4 aromatic rings. The maximum atomic E-state index is 13.5. The molecular weight excluding hydrogens is 691 g/mol. The Morgan fingerprint density at radius 2 is 1.40 bits per heavy atom. The van der Waals surface area contributed by atoms with Gasteiger partial charge in [-0.25, -0.2) is 0 Å². The number of hydrogen-bond donors (Lipinski definition) is 2. The number of aryl methyl sites for hydroxylation is 4. The quantitative estimate of drug-likeness (QED) is 0.120. The maximum Gasteiger partial charge on any atom is 0.261 e. The summed E-state index contributed by atoms with van der Waals surface area (Å²) in [5, 5.41) is 13.5. The number of ether oxygens (including phenoxy) is 1. The van der Waals surface area contributed by atoms with E-state index in [1.54, 1.807) is 24.3 Å². The normalized spacial score (nSPS) is 12.7. The molecule has 0 fully saturated rings. The Hall–Kier alpha value is -5.28. The molecule has 55 heavy (non-hydrogen) atoms. The highest BCUT2D eigenvalue weighted by Crippen LogP contribution is 2.24. The lowest BCUT2D eigenvalue weighted by Crippen LogP contribution is -2.45. The van der Waals surface area contributed by atoms with Crippen LogP contribution in [0.4, 0.5) is 0 Å². The molecule has 0 radical (unpaired) electrons. The number of aliphatic hydroxyl groups is 1. The molecule has 2 unspecified atom stereocenters. The number of benzene rings is 4. The molecule has 294 valence electrons. The Bertz CT molecular complexity index is 1820. The van der Waals surface area contributed by atoms with E-state index in [0.29, 0.717) is 35.8 Å². The van der Waals surface area contributed by atoms with Gasteiger partial charge in [0.1, 0.15) is 5.75 Å². The van der Waals surface area contributed by atoms with Crippen molar-refractivity contribution in [3.8, 4) is 5.75 Å². The van der Waals surface area contributed by atoms with Gasteiger partial charge in [-0.15, -0.1) is 0 Å². The molecular formula is C46H59N3O6. The summed E-state index contributed by atoms with van der Waals surface area (Å²) in [5.41, 5.74) is 7.43. The van der Waals surface area contributed by atoms with E-state index in [2.05, 4.69) is 62.5 Å². The average Bonchev–Trinajstić information content (AvgIpc) is 3.44. The molecule has 4 amide bonds. The molecule has 4 aromatic carbocycles. The van der Waals surface area contributed by atoms with Crippen LogP contribution < -0.4 is 10.1 Å². The minimum absolute atomic E-state index is 0.0245. The van der Waals surface area contributed by atoms with E-state index in [1.165, 1.54) is 16.0 Å². The largest absolute Gasteiger partial charge is 0.483 e. The van der Waals surface area contributed by atoms with Crippen LogP contribution in [-0.4, -0.2) is 77.4 Å². The van der Waals surface area contributed by atoms with Crippen molar-refractivity contribution in [2.75, 3.05) is 32.8 Å². The number of fused-ring (bicyclic) bond motifs is 1. The number of amides is 4. The molecule has 1 heterocycles. The Labute approximate surface area is 327 Å². The molecule has 0 aliphatic carbocycles. The number of carbonyl (C=O) groups is 4. The first-order chi connectivity index (χ1) is 26.4. The van der Waals surface area contributed by atoms with Crippen LogP contribution in [0.3, 0.4) is 0 Å². The van der Waals surface area contributed by atoms with Gasteiger partial charge in [0.25, 0.3) is 17.7 Å². The number of imide groups is 1. The van der Waals surface area contributed by atoms with Gasteiger partial charge in [-0.05, 0) is 92.5 Å². The minimum Gasteiger partial charge on any atom is -0.483 e. The summed E-state index contributed by atoms with van der Waals surface area (Å²) in [4.78, 5) is 54.2. The highest BCUT2D eigenvalue weighted by molar-refractivity contribution is 6.21. The topological polar surface area (TPSA) is 116 Å². The van der Waals surface area contributed by atoms with E-state index in [0.717, 1.165) is 33.6 Å². The van der Waals surface area contributed by atoms with Crippen molar-refractivity contribution in [2.24, 2.45) is 0 Å². The lowest BCUT2D eigenvalue weighted by Gasteiger charge is -2.26. The van der Waals surface area contributed by atoms with Crippen molar-refractivity contribution in [3.05, 3.63) is 136 Å². The first-order valence-electron chi connectivity index (χ1n) is 19.4. The van der Waals surface area contributed by atoms with Gasteiger partial charge in [-0.3, -0.25) is 24.1 Å². The zero-order valence-corrected chi connectivity index (χ0v) is 33.9. The molecule has 0 spiro atoms. The summed E-state index contributed by atoms with van der Waals surface area (Å²) in [6, 6.07) is 29.1. The van der Waals surface area contributed by atoms with E-state index in [9.17, 15) is 24.3 Å². The molecule has 5 rings (SSSR count). The van der Waals surface area contributed by atoms with Gasteiger partial charge in [-0.1, -0.05) is 106 Å². The Morgan fingerprint density at radius 3 is 1.96 bits per heavy atom. The molecule has 2 N–H and O–H groups in total. The molecule has 1 aliphatic rings. The first kappa shape index (κ1) is 44.1. The Balaban J connectivity index is 0.000000799. The number of nitrogens with zero attached hydrogens (tertiary/aromatic N) is 2. The standard InChI is InChI=1S/C37H45N3O6.C7H8.C2H6/c1-6-24(2)29-13-11-28(12-14-29)15-17-39(35(43)16-18-40-36(44)31-9-7-8-10-32(31)37(40)45)22-30(41)21-38-34(42)23-46-33-20-26(4)25(3)19-27(33)5;1-7-5-3-2-4-6-7;1-2/h7-14,19-20,24,30,41H,6,15-18,21-23H2,1-5H3,(H,38,42);2-6H,1H3;1-2H3. The molecule has 0 bridgehead atoms.